The molecule has 0 saturated heterocycles. The molecule has 0 bridgehead atoms. The van der Waals surface area contributed by atoms with Crippen LogP contribution < -0.4 is 11.1 Å². The molecule has 3 aromatic rings. The molecular weight excluding hydrogens is 574 g/mol. The van der Waals surface area contributed by atoms with Gasteiger partial charge in [0.15, 0.2) is 11.4 Å². The molecule has 1 amide bonds. The third-order valence-corrected chi connectivity index (χ3v) is 9.61. The molecule has 10 nitrogen and oxygen atoms in total. The van der Waals surface area contributed by atoms with Gasteiger partial charge in [-0.15, -0.1) is 0 Å². The van der Waals surface area contributed by atoms with Gasteiger partial charge in [-0.05, 0) is 71.9 Å². The van der Waals surface area contributed by atoms with Crippen LogP contribution in [0.1, 0.15) is 37.0 Å². The van der Waals surface area contributed by atoms with Crippen molar-refractivity contribution in [2.45, 2.75) is 50.9 Å². The molecule has 6 rings (SSSR count). The Kier molecular flexibility index (Phi) is 7.35. The van der Waals surface area contributed by atoms with Crippen LogP contribution >= 0.6 is 0 Å². The lowest BCUT2D eigenvalue weighted by Gasteiger charge is -2.50. The number of primary amides is 1. The predicted molar refractivity (Wildman–Crippen MR) is 169 cm³/mol. The van der Waals surface area contributed by atoms with Crippen LogP contribution in [0.3, 0.4) is 0 Å². The second-order valence-corrected chi connectivity index (χ2v) is 12.8. The third kappa shape index (κ3) is 4.47. The molecule has 0 spiro atoms. The zero-order valence-electron chi connectivity index (χ0n) is 25.6. The largest absolute Gasteiger partial charge is 0.508 e. The van der Waals surface area contributed by atoms with Crippen molar-refractivity contribution in [1.29, 1.82) is 0 Å². The van der Waals surface area contributed by atoms with Gasteiger partial charge in [0.25, 0.3) is 5.91 Å². The zero-order chi connectivity index (χ0) is 32.5. The van der Waals surface area contributed by atoms with Crippen LogP contribution in [0.4, 0.5) is 0 Å². The molecule has 0 unspecified atom stereocenters. The number of fused-ring (bicyclic) bond motifs is 4. The Morgan fingerprint density at radius 1 is 1.02 bits per heavy atom. The first kappa shape index (κ1) is 30.5. The Hall–Kier alpha value is -4.51. The highest BCUT2D eigenvalue weighted by molar-refractivity contribution is 6.24. The van der Waals surface area contributed by atoms with E-state index in [1.54, 1.807) is 20.2 Å². The number of amides is 1. The normalized spacial score (nSPS) is 24.7. The maximum absolute atomic E-state index is 14.1. The van der Waals surface area contributed by atoms with Gasteiger partial charge in [0, 0.05) is 24.1 Å². The second-order valence-electron chi connectivity index (χ2n) is 12.8. The number of aliphatic hydroxyl groups excluding tert-OH is 2. The lowest BCUT2D eigenvalue weighted by atomic mass is 9.57. The number of hydrogen-bond donors (Lipinski definition) is 6. The van der Waals surface area contributed by atoms with Crippen LogP contribution in [-0.2, 0) is 27.3 Å². The van der Waals surface area contributed by atoms with Gasteiger partial charge < -0.3 is 31.5 Å². The third-order valence-electron chi connectivity index (χ3n) is 9.61. The minimum atomic E-state index is -2.67. The summed E-state index contributed by atoms with van der Waals surface area (Å²) in [7, 11) is 3.16. The average Bonchev–Trinajstić information content (AvgIpc) is 2.97. The van der Waals surface area contributed by atoms with E-state index in [1.165, 1.54) is 11.0 Å². The van der Waals surface area contributed by atoms with Crippen LogP contribution in [0.2, 0.25) is 0 Å². The van der Waals surface area contributed by atoms with Crippen molar-refractivity contribution in [3.05, 3.63) is 82.1 Å². The maximum Gasteiger partial charge on any atom is 0.255 e. The first-order chi connectivity index (χ1) is 21.3. The van der Waals surface area contributed by atoms with E-state index in [4.69, 9.17) is 5.73 Å². The van der Waals surface area contributed by atoms with Gasteiger partial charge in [0.1, 0.15) is 22.8 Å². The van der Waals surface area contributed by atoms with Crippen molar-refractivity contribution >= 4 is 34.0 Å². The van der Waals surface area contributed by atoms with Gasteiger partial charge in [0.2, 0.25) is 5.78 Å². The molecule has 45 heavy (non-hydrogen) atoms. The number of Topliss-reactive ketones (excluding diaryl/α,β-unsaturated/α-hetero) is 2. The van der Waals surface area contributed by atoms with Gasteiger partial charge in [0.05, 0.1) is 11.6 Å². The van der Waals surface area contributed by atoms with Gasteiger partial charge in [-0.1, -0.05) is 56.3 Å². The molecule has 3 aliphatic rings. The molecule has 10 heteroatoms. The molecule has 0 aromatic heterocycles. The number of nitrogens with zero attached hydrogens (tertiary/aromatic N) is 1. The van der Waals surface area contributed by atoms with Crippen molar-refractivity contribution in [2.24, 2.45) is 17.6 Å². The minimum absolute atomic E-state index is 0.0292. The molecule has 7 N–H and O–H groups in total. The fourth-order valence-electron chi connectivity index (χ4n) is 7.56. The second kappa shape index (κ2) is 10.8. The van der Waals surface area contributed by atoms with Crippen molar-refractivity contribution in [1.82, 2.24) is 10.2 Å². The number of aliphatic hydroxyl groups is 3. The van der Waals surface area contributed by atoms with Gasteiger partial charge in [-0.2, -0.15) is 0 Å². The average molecular weight is 612 g/mol. The number of phenolic OH excluding ortho intramolecular Hbond substituents is 1. The Morgan fingerprint density at radius 2 is 1.69 bits per heavy atom. The Balaban J connectivity index is 1.54. The molecule has 234 valence electrons. The monoisotopic (exact) mass is 611 g/mol. The van der Waals surface area contributed by atoms with Crippen molar-refractivity contribution < 1.29 is 34.8 Å². The lowest BCUT2D eigenvalue weighted by molar-refractivity contribution is -0.153. The van der Waals surface area contributed by atoms with E-state index in [0.717, 1.165) is 27.5 Å². The summed E-state index contributed by atoms with van der Waals surface area (Å²) in [6.45, 7) is 4.85. The predicted octanol–water partition coefficient (Wildman–Crippen LogP) is 3.28. The molecular formula is C35H37N3O7. The summed E-state index contributed by atoms with van der Waals surface area (Å²) < 4.78 is 0. The van der Waals surface area contributed by atoms with Crippen LogP contribution in [0.5, 0.6) is 5.75 Å². The summed E-state index contributed by atoms with van der Waals surface area (Å²) >= 11 is 0. The van der Waals surface area contributed by atoms with Crippen LogP contribution in [-0.4, -0.2) is 74.6 Å². The van der Waals surface area contributed by atoms with Crippen LogP contribution in [0.15, 0.2) is 65.4 Å². The standard InChI is InChI=1S/C35H37N3O7/c1-16(2)37-15-17-9-10-21(20-8-6-5-7-19(17)20)22-11-12-25(39)27-23(22)13-18-14-24-29(38(3)4)31(41)28(34(36)44)33(43)35(24,45)32(42)26(18)30(27)40/h5-12,16,18,24,29,37,39-40,43,45H,13-15H2,1-4H3,(H2,36,44)/t18-,24-,29-,35-/m1/s1. The molecule has 3 aliphatic carbocycles. The summed E-state index contributed by atoms with van der Waals surface area (Å²) in [4.78, 5) is 41.2. The quantitative estimate of drug-likeness (QED) is 0.229. The Labute approximate surface area is 260 Å². The number of carbonyl (C=O) groups is 3. The van der Waals surface area contributed by atoms with E-state index < -0.39 is 58.0 Å². The Morgan fingerprint density at radius 3 is 2.33 bits per heavy atom. The number of nitrogens with one attached hydrogen (secondary N) is 1. The molecule has 3 aromatic carbocycles. The highest BCUT2D eigenvalue weighted by Gasteiger charge is 2.64. The van der Waals surface area contributed by atoms with Crippen molar-refractivity contribution in [2.75, 3.05) is 14.1 Å². The van der Waals surface area contributed by atoms with Gasteiger partial charge >= 0.3 is 0 Å². The number of nitrogens with two attached hydrogens (primary N) is 1. The summed E-state index contributed by atoms with van der Waals surface area (Å²) in [5, 5.41) is 51.1. The smallest absolute Gasteiger partial charge is 0.255 e. The first-order valence-electron chi connectivity index (χ1n) is 15.0. The minimum Gasteiger partial charge on any atom is -0.508 e. The lowest BCUT2D eigenvalue weighted by Crippen LogP contribution is -2.65. The molecule has 1 saturated carbocycles. The fraction of sp³-hybridized carbons (Fsp3) is 0.343. The van der Waals surface area contributed by atoms with E-state index in [0.29, 0.717) is 18.2 Å². The molecule has 4 atom stereocenters. The van der Waals surface area contributed by atoms with E-state index in [1.807, 2.05) is 24.3 Å². The summed E-state index contributed by atoms with van der Waals surface area (Å²) in [6, 6.07) is 14.5. The summed E-state index contributed by atoms with van der Waals surface area (Å²) in [5.41, 5.74) is 5.20. The van der Waals surface area contributed by atoms with E-state index in [9.17, 15) is 34.8 Å². The topological polar surface area (TPSA) is 173 Å². The van der Waals surface area contributed by atoms with Crippen molar-refractivity contribution in [3.63, 3.8) is 0 Å². The number of rotatable bonds is 6. The number of ketones is 2. The number of aromatic hydroxyl groups is 1. The van der Waals surface area contributed by atoms with Crippen LogP contribution in [0.25, 0.3) is 27.7 Å². The number of benzene rings is 3. The highest BCUT2D eigenvalue weighted by atomic mass is 16.3. The van der Waals surface area contributed by atoms with Gasteiger partial charge in [-0.3, -0.25) is 19.3 Å². The van der Waals surface area contributed by atoms with E-state index in [2.05, 4.69) is 31.3 Å². The SMILES string of the molecule is CC(C)NCc1ccc(-c2ccc(O)c3c2C[C@@H]2C[C@@H]4[C@@H](N(C)C)C(=O)C(C(N)=O)=C(O)[C@]4(O)C(=O)C2=C3O)c2ccccc12. The number of likely N-dealkylation sites (N-methyl/N-ethyl adjacent to an activating group) is 1. The zero-order valence-corrected chi connectivity index (χ0v) is 25.6. The van der Waals surface area contributed by atoms with E-state index >= 15 is 0 Å². The maximum atomic E-state index is 14.1. The summed E-state index contributed by atoms with van der Waals surface area (Å²) in [5.74, 6) is -6.72. The molecule has 0 aliphatic heterocycles. The number of hydrogen-bond acceptors (Lipinski definition) is 9. The number of phenols is 1. The summed E-state index contributed by atoms with van der Waals surface area (Å²) in [6.07, 6.45) is 0.241. The molecule has 0 radical (unpaired) electrons. The van der Waals surface area contributed by atoms with E-state index in [-0.39, 0.29) is 29.7 Å². The fourth-order valence-corrected chi connectivity index (χ4v) is 7.56. The molecule has 0 heterocycles. The van der Waals surface area contributed by atoms with Crippen molar-refractivity contribution in [3.8, 4) is 16.9 Å². The Bertz CT molecular complexity index is 1860. The highest BCUT2D eigenvalue weighted by Crippen LogP contribution is 2.54. The number of carbonyl (C=O) groups excluding carboxylic acids is 3. The van der Waals surface area contributed by atoms with Gasteiger partial charge in [-0.25, -0.2) is 0 Å². The van der Waals surface area contributed by atoms with Crippen LogP contribution in [0, 0.1) is 11.8 Å². The molecule has 1 fully saturated rings. The first-order valence-corrected chi connectivity index (χ1v) is 15.0.